The third-order valence-corrected chi connectivity index (χ3v) is 5.48. The topological polar surface area (TPSA) is 67.6 Å². The molecule has 1 aliphatic heterocycles. The number of ether oxygens (including phenoxy) is 1. The molecular weight excluding hydrogens is 378 g/mol. The van der Waals surface area contributed by atoms with E-state index >= 15 is 0 Å². The molecule has 4 rings (SSSR count). The first kappa shape index (κ1) is 20.3. The lowest BCUT2D eigenvalue weighted by molar-refractivity contribution is -0.121. The van der Waals surface area contributed by atoms with Crippen molar-refractivity contribution in [3.63, 3.8) is 0 Å². The standard InChI is InChI=1S/C24H29N3O3/c1-2-16-29-20-12-9-18(10-13-20)11-14-23(28)25-17-19-6-5-15-27(19)24-26-21-7-3-4-8-22(21)30-24/h3-4,7-10,12-13,19H,2,5-6,11,14-17H2,1H3,(H,25,28). The van der Waals surface area contributed by atoms with Crippen molar-refractivity contribution in [2.75, 3.05) is 24.6 Å². The van der Waals surface area contributed by atoms with Gasteiger partial charge in [0.05, 0.1) is 12.6 Å². The number of carbonyl (C=O) groups is 1. The van der Waals surface area contributed by atoms with Crippen LogP contribution in [0, 0.1) is 0 Å². The summed E-state index contributed by atoms with van der Waals surface area (Å²) in [4.78, 5) is 19.2. The molecule has 6 heteroatoms. The number of nitrogens with one attached hydrogen (secondary N) is 1. The number of hydrogen-bond acceptors (Lipinski definition) is 5. The Bertz CT molecular complexity index is 934. The molecule has 1 fully saturated rings. The number of para-hydroxylation sites is 2. The number of benzene rings is 2. The van der Waals surface area contributed by atoms with Gasteiger partial charge in [-0.3, -0.25) is 4.79 Å². The van der Waals surface area contributed by atoms with Crippen LogP contribution in [-0.4, -0.2) is 36.6 Å². The molecule has 3 aromatic rings. The van der Waals surface area contributed by atoms with E-state index in [0.717, 1.165) is 61.2 Å². The van der Waals surface area contributed by atoms with Crippen LogP contribution in [0.3, 0.4) is 0 Å². The zero-order valence-corrected chi connectivity index (χ0v) is 17.5. The van der Waals surface area contributed by atoms with E-state index in [-0.39, 0.29) is 11.9 Å². The van der Waals surface area contributed by atoms with Crippen molar-refractivity contribution < 1.29 is 13.9 Å². The van der Waals surface area contributed by atoms with Crippen molar-refractivity contribution in [1.29, 1.82) is 0 Å². The Balaban J connectivity index is 1.26. The number of oxazole rings is 1. The highest BCUT2D eigenvalue weighted by Crippen LogP contribution is 2.28. The molecule has 1 aliphatic rings. The maximum atomic E-state index is 12.4. The molecule has 1 amide bonds. The lowest BCUT2D eigenvalue weighted by Gasteiger charge is -2.23. The van der Waals surface area contributed by atoms with Gasteiger partial charge in [-0.15, -0.1) is 0 Å². The zero-order chi connectivity index (χ0) is 20.8. The molecule has 30 heavy (non-hydrogen) atoms. The van der Waals surface area contributed by atoms with E-state index in [2.05, 4.69) is 22.1 Å². The molecule has 6 nitrogen and oxygen atoms in total. The highest BCUT2D eigenvalue weighted by atomic mass is 16.5. The minimum Gasteiger partial charge on any atom is -0.494 e. The number of carbonyl (C=O) groups excluding carboxylic acids is 1. The average molecular weight is 408 g/mol. The molecule has 0 radical (unpaired) electrons. The molecule has 1 aromatic heterocycles. The van der Waals surface area contributed by atoms with Crippen molar-refractivity contribution in [3.8, 4) is 5.75 Å². The molecule has 1 saturated heterocycles. The van der Waals surface area contributed by atoms with Crippen molar-refractivity contribution in [1.82, 2.24) is 10.3 Å². The van der Waals surface area contributed by atoms with Crippen LogP contribution >= 0.6 is 0 Å². The van der Waals surface area contributed by atoms with Gasteiger partial charge >= 0.3 is 0 Å². The van der Waals surface area contributed by atoms with E-state index in [4.69, 9.17) is 9.15 Å². The zero-order valence-electron chi connectivity index (χ0n) is 17.5. The first-order valence-electron chi connectivity index (χ1n) is 10.8. The molecule has 1 atom stereocenters. The monoisotopic (exact) mass is 407 g/mol. The van der Waals surface area contributed by atoms with E-state index in [0.29, 0.717) is 19.0 Å². The van der Waals surface area contributed by atoms with Gasteiger partial charge in [0.15, 0.2) is 5.58 Å². The fourth-order valence-corrected chi connectivity index (χ4v) is 3.83. The van der Waals surface area contributed by atoms with E-state index in [1.165, 1.54) is 0 Å². The van der Waals surface area contributed by atoms with Gasteiger partial charge in [-0.05, 0) is 55.5 Å². The van der Waals surface area contributed by atoms with Gasteiger partial charge in [-0.1, -0.05) is 31.2 Å². The maximum absolute atomic E-state index is 12.4. The van der Waals surface area contributed by atoms with Crippen molar-refractivity contribution in [3.05, 3.63) is 54.1 Å². The normalized spacial score (nSPS) is 16.2. The van der Waals surface area contributed by atoms with Crippen molar-refractivity contribution >= 4 is 23.0 Å². The Morgan fingerprint density at radius 1 is 1.23 bits per heavy atom. The molecule has 2 aromatic carbocycles. The van der Waals surface area contributed by atoms with Crippen molar-refractivity contribution in [2.45, 2.75) is 45.1 Å². The van der Waals surface area contributed by atoms with Gasteiger partial charge in [0, 0.05) is 19.5 Å². The van der Waals surface area contributed by atoms with Crippen LogP contribution in [-0.2, 0) is 11.2 Å². The fourth-order valence-electron chi connectivity index (χ4n) is 3.83. The van der Waals surface area contributed by atoms with E-state index in [1.807, 2.05) is 48.5 Å². The summed E-state index contributed by atoms with van der Waals surface area (Å²) in [5, 5.41) is 3.09. The number of hydrogen-bond donors (Lipinski definition) is 1. The molecule has 2 heterocycles. The summed E-state index contributed by atoms with van der Waals surface area (Å²) in [7, 11) is 0. The van der Waals surface area contributed by atoms with Gasteiger partial charge in [-0.25, -0.2) is 0 Å². The minimum absolute atomic E-state index is 0.0747. The molecule has 158 valence electrons. The van der Waals surface area contributed by atoms with Crippen LogP contribution in [0.2, 0.25) is 0 Å². The van der Waals surface area contributed by atoms with Crippen LogP contribution in [0.1, 0.15) is 38.2 Å². The average Bonchev–Trinajstić information content (AvgIpc) is 3.42. The fraction of sp³-hybridized carbons (Fsp3) is 0.417. The van der Waals surface area contributed by atoms with Crippen molar-refractivity contribution in [2.24, 2.45) is 0 Å². The van der Waals surface area contributed by atoms with Gasteiger partial charge < -0.3 is 19.4 Å². The number of fused-ring (bicyclic) bond motifs is 1. The second kappa shape index (κ2) is 9.65. The third-order valence-electron chi connectivity index (χ3n) is 5.48. The summed E-state index contributed by atoms with van der Waals surface area (Å²) in [6, 6.07) is 16.7. The summed E-state index contributed by atoms with van der Waals surface area (Å²) in [5.74, 6) is 0.955. The van der Waals surface area contributed by atoms with E-state index in [9.17, 15) is 4.79 Å². The number of nitrogens with zero attached hydrogens (tertiary/aromatic N) is 2. The molecule has 0 spiro atoms. The van der Waals surface area contributed by atoms with E-state index in [1.54, 1.807) is 0 Å². The summed E-state index contributed by atoms with van der Waals surface area (Å²) < 4.78 is 11.5. The number of aryl methyl sites for hydroxylation is 1. The highest BCUT2D eigenvalue weighted by Gasteiger charge is 2.28. The van der Waals surface area contributed by atoms with Gasteiger partial charge in [-0.2, -0.15) is 4.98 Å². The number of anilines is 1. The maximum Gasteiger partial charge on any atom is 0.298 e. The first-order chi connectivity index (χ1) is 14.7. The van der Waals surface area contributed by atoms with Gasteiger partial charge in [0.2, 0.25) is 5.91 Å². The highest BCUT2D eigenvalue weighted by molar-refractivity contribution is 5.76. The third kappa shape index (κ3) is 4.93. The molecule has 1 N–H and O–H groups in total. The Morgan fingerprint density at radius 3 is 2.87 bits per heavy atom. The Kier molecular flexibility index (Phi) is 6.52. The Hall–Kier alpha value is -3.02. The smallest absolute Gasteiger partial charge is 0.298 e. The lowest BCUT2D eigenvalue weighted by atomic mass is 10.1. The van der Waals surface area contributed by atoms with Crippen LogP contribution in [0.25, 0.3) is 11.1 Å². The van der Waals surface area contributed by atoms with Gasteiger partial charge in [0.25, 0.3) is 6.01 Å². The quantitative estimate of drug-likeness (QED) is 0.572. The minimum atomic E-state index is 0.0747. The second-order valence-corrected chi connectivity index (χ2v) is 7.75. The van der Waals surface area contributed by atoms with Gasteiger partial charge in [0.1, 0.15) is 11.3 Å². The second-order valence-electron chi connectivity index (χ2n) is 7.75. The van der Waals surface area contributed by atoms with Crippen LogP contribution in [0.15, 0.2) is 52.9 Å². The molecule has 0 bridgehead atoms. The molecule has 0 aliphatic carbocycles. The van der Waals surface area contributed by atoms with Crippen LogP contribution < -0.4 is 15.0 Å². The number of amides is 1. The first-order valence-corrected chi connectivity index (χ1v) is 10.8. The molecule has 0 saturated carbocycles. The predicted molar refractivity (Wildman–Crippen MR) is 118 cm³/mol. The Labute approximate surface area is 177 Å². The summed E-state index contributed by atoms with van der Waals surface area (Å²) in [6.45, 7) is 4.33. The summed E-state index contributed by atoms with van der Waals surface area (Å²) >= 11 is 0. The SMILES string of the molecule is CCCOc1ccc(CCC(=O)NCC2CCCN2c2nc3ccccc3o2)cc1. The Morgan fingerprint density at radius 2 is 2.07 bits per heavy atom. The lowest BCUT2D eigenvalue weighted by Crippen LogP contribution is -2.40. The summed E-state index contributed by atoms with van der Waals surface area (Å²) in [6.07, 6.45) is 4.29. The van der Waals surface area contributed by atoms with E-state index < -0.39 is 0 Å². The molecular formula is C24H29N3O3. The number of aromatic nitrogens is 1. The van der Waals surface area contributed by atoms with Crippen LogP contribution in [0.5, 0.6) is 5.75 Å². The predicted octanol–water partition coefficient (Wildman–Crippen LogP) is 4.33. The molecule has 1 unspecified atom stereocenters. The summed E-state index contributed by atoms with van der Waals surface area (Å²) in [5.41, 5.74) is 2.81. The van der Waals surface area contributed by atoms with Crippen LogP contribution in [0.4, 0.5) is 6.01 Å². The largest absolute Gasteiger partial charge is 0.494 e. The number of rotatable bonds is 9.